The summed E-state index contributed by atoms with van der Waals surface area (Å²) in [6.07, 6.45) is 4.40. The second kappa shape index (κ2) is 9.36. The SMILES string of the molecule is CC(=O)Nc1ccc(C(=O)N2CCCC[C@H]2c2nc(N)ncc2-c2ccc(Cl)cc2)cc1. The molecule has 1 atom stereocenters. The van der Waals surface area contributed by atoms with Crippen molar-refractivity contribution in [2.24, 2.45) is 0 Å². The third-order valence-corrected chi connectivity index (χ3v) is 5.78. The highest BCUT2D eigenvalue weighted by Gasteiger charge is 2.32. The first kappa shape index (κ1) is 21.8. The van der Waals surface area contributed by atoms with Crippen molar-refractivity contribution >= 4 is 35.1 Å². The maximum atomic E-state index is 13.4. The number of carbonyl (C=O) groups excluding carboxylic acids is 2. The number of likely N-dealkylation sites (tertiary alicyclic amines) is 1. The highest BCUT2D eigenvalue weighted by Crippen LogP contribution is 2.37. The molecule has 0 unspecified atom stereocenters. The molecule has 1 aliphatic rings. The number of hydrogen-bond acceptors (Lipinski definition) is 5. The fraction of sp³-hybridized carbons (Fsp3) is 0.250. The van der Waals surface area contributed by atoms with E-state index >= 15 is 0 Å². The Labute approximate surface area is 191 Å². The van der Waals surface area contributed by atoms with Crippen LogP contribution in [-0.4, -0.2) is 33.2 Å². The van der Waals surface area contributed by atoms with E-state index in [1.165, 1.54) is 6.92 Å². The average Bonchev–Trinajstić information content (AvgIpc) is 2.79. The number of piperidine rings is 1. The van der Waals surface area contributed by atoms with Crippen LogP contribution in [0.4, 0.5) is 11.6 Å². The minimum absolute atomic E-state index is 0.0803. The Hall–Kier alpha value is -3.45. The summed E-state index contributed by atoms with van der Waals surface area (Å²) in [5, 5.41) is 3.36. The van der Waals surface area contributed by atoms with Crippen molar-refractivity contribution in [2.45, 2.75) is 32.2 Å². The molecule has 0 bridgehead atoms. The molecule has 8 heteroatoms. The van der Waals surface area contributed by atoms with Crippen molar-refractivity contribution in [1.29, 1.82) is 0 Å². The first-order valence-electron chi connectivity index (χ1n) is 10.5. The minimum atomic E-state index is -0.220. The minimum Gasteiger partial charge on any atom is -0.368 e. The number of aromatic nitrogens is 2. The van der Waals surface area contributed by atoms with Gasteiger partial charge in [0.05, 0.1) is 11.7 Å². The van der Waals surface area contributed by atoms with Crippen LogP contribution >= 0.6 is 11.6 Å². The monoisotopic (exact) mass is 449 g/mol. The Morgan fingerprint density at radius 2 is 1.81 bits per heavy atom. The second-order valence-electron chi connectivity index (χ2n) is 7.80. The number of anilines is 2. The summed E-state index contributed by atoms with van der Waals surface area (Å²) in [6, 6.07) is 14.2. The van der Waals surface area contributed by atoms with Gasteiger partial charge in [0, 0.05) is 41.5 Å². The lowest BCUT2D eigenvalue weighted by Gasteiger charge is -2.36. The topological polar surface area (TPSA) is 101 Å². The van der Waals surface area contributed by atoms with Gasteiger partial charge in [0.1, 0.15) is 0 Å². The van der Waals surface area contributed by atoms with Crippen LogP contribution in [0.25, 0.3) is 11.1 Å². The van der Waals surface area contributed by atoms with Crippen molar-refractivity contribution in [3.63, 3.8) is 0 Å². The second-order valence-corrected chi connectivity index (χ2v) is 8.24. The number of benzene rings is 2. The molecule has 32 heavy (non-hydrogen) atoms. The van der Waals surface area contributed by atoms with Crippen molar-refractivity contribution in [3.05, 3.63) is 71.0 Å². The van der Waals surface area contributed by atoms with E-state index in [1.807, 2.05) is 29.2 Å². The van der Waals surface area contributed by atoms with Gasteiger partial charge in [-0.2, -0.15) is 0 Å². The third kappa shape index (κ3) is 4.73. The van der Waals surface area contributed by atoms with E-state index in [1.54, 1.807) is 30.5 Å². The van der Waals surface area contributed by atoms with Gasteiger partial charge >= 0.3 is 0 Å². The van der Waals surface area contributed by atoms with E-state index in [4.69, 9.17) is 17.3 Å². The van der Waals surface area contributed by atoms with Crippen LogP contribution in [0.5, 0.6) is 0 Å². The zero-order chi connectivity index (χ0) is 22.7. The van der Waals surface area contributed by atoms with E-state index < -0.39 is 0 Å². The molecule has 2 aromatic carbocycles. The fourth-order valence-corrected chi connectivity index (χ4v) is 4.17. The van der Waals surface area contributed by atoms with Gasteiger partial charge in [-0.25, -0.2) is 9.97 Å². The third-order valence-electron chi connectivity index (χ3n) is 5.52. The van der Waals surface area contributed by atoms with E-state index in [2.05, 4.69) is 15.3 Å². The van der Waals surface area contributed by atoms with Gasteiger partial charge in [0.15, 0.2) is 0 Å². The van der Waals surface area contributed by atoms with Crippen molar-refractivity contribution in [3.8, 4) is 11.1 Å². The highest BCUT2D eigenvalue weighted by molar-refractivity contribution is 6.30. The van der Waals surface area contributed by atoms with Gasteiger partial charge < -0.3 is 16.0 Å². The molecule has 2 heterocycles. The molecule has 0 radical (unpaired) electrons. The zero-order valence-electron chi connectivity index (χ0n) is 17.7. The Morgan fingerprint density at radius 3 is 2.50 bits per heavy atom. The molecule has 0 saturated carbocycles. The van der Waals surface area contributed by atoms with Crippen molar-refractivity contribution in [1.82, 2.24) is 14.9 Å². The lowest BCUT2D eigenvalue weighted by Crippen LogP contribution is -2.39. The number of rotatable bonds is 4. The van der Waals surface area contributed by atoms with Crippen molar-refractivity contribution < 1.29 is 9.59 Å². The molecule has 1 aromatic heterocycles. The average molecular weight is 450 g/mol. The highest BCUT2D eigenvalue weighted by atomic mass is 35.5. The molecule has 1 fully saturated rings. The first-order chi connectivity index (χ1) is 15.4. The van der Waals surface area contributed by atoms with E-state index in [0.29, 0.717) is 22.8 Å². The molecule has 1 saturated heterocycles. The quantitative estimate of drug-likeness (QED) is 0.600. The Morgan fingerprint density at radius 1 is 1.09 bits per heavy atom. The van der Waals surface area contributed by atoms with Crippen LogP contribution in [0.2, 0.25) is 5.02 Å². The molecule has 164 valence electrons. The van der Waals surface area contributed by atoms with Crippen LogP contribution in [0.3, 0.4) is 0 Å². The maximum absolute atomic E-state index is 13.4. The molecular weight excluding hydrogens is 426 g/mol. The van der Waals surface area contributed by atoms with Gasteiger partial charge in [-0.05, 0) is 61.2 Å². The van der Waals surface area contributed by atoms with Crippen LogP contribution in [0, 0.1) is 0 Å². The Bertz CT molecular complexity index is 1130. The zero-order valence-corrected chi connectivity index (χ0v) is 18.5. The van der Waals surface area contributed by atoms with Gasteiger partial charge in [0.25, 0.3) is 5.91 Å². The maximum Gasteiger partial charge on any atom is 0.254 e. The lowest BCUT2D eigenvalue weighted by atomic mass is 9.93. The molecule has 1 aliphatic heterocycles. The molecule has 0 spiro atoms. The van der Waals surface area contributed by atoms with Gasteiger partial charge in [0.2, 0.25) is 11.9 Å². The smallest absolute Gasteiger partial charge is 0.254 e. The number of nitrogens with one attached hydrogen (secondary N) is 1. The van der Waals surface area contributed by atoms with Gasteiger partial charge in [-0.15, -0.1) is 0 Å². The normalized spacial score (nSPS) is 15.9. The number of nitrogen functional groups attached to an aromatic ring is 1. The van der Waals surface area contributed by atoms with E-state index in [9.17, 15) is 9.59 Å². The fourth-order valence-electron chi connectivity index (χ4n) is 4.04. The number of hydrogen-bond donors (Lipinski definition) is 2. The van der Waals surface area contributed by atoms with Crippen LogP contribution < -0.4 is 11.1 Å². The number of nitrogens with two attached hydrogens (primary N) is 1. The summed E-state index contributed by atoms with van der Waals surface area (Å²) in [7, 11) is 0. The molecule has 7 nitrogen and oxygen atoms in total. The molecule has 2 amide bonds. The molecule has 3 aromatic rings. The number of nitrogens with zero attached hydrogens (tertiary/aromatic N) is 3. The predicted molar refractivity (Wildman–Crippen MR) is 125 cm³/mol. The molecule has 0 aliphatic carbocycles. The summed E-state index contributed by atoms with van der Waals surface area (Å²) in [4.78, 5) is 35.3. The van der Waals surface area contributed by atoms with E-state index in [-0.39, 0.29) is 23.8 Å². The summed E-state index contributed by atoms with van der Waals surface area (Å²) in [5.41, 5.74) is 9.64. The molecule has 3 N–H and O–H groups in total. The van der Waals surface area contributed by atoms with E-state index in [0.717, 1.165) is 36.1 Å². The standard InChI is InChI=1S/C24H24ClN5O2/c1-15(31)28-19-11-7-17(8-12-19)23(32)30-13-3-2-4-21(30)22-20(14-27-24(26)29-22)16-5-9-18(25)10-6-16/h5-12,14,21H,2-4,13H2,1H3,(H,28,31)(H2,26,27,29)/t21-/m0/s1. The lowest BCUT2D eigenvalue weighted by molar-refractivity contribution is -0.114. The number of carbonyl (C=O) groups is 2. The van der Waals surface area contributed by atoms with Gasteiger partial charge in [-0.3, -0.25) is 9.59 Å². The number of amides is 2. The Balaban J connectivity index is 1.68. The summed E-state index contributed by atoms with van der Waals surface area (Å²) in [5.74, 6) is -0.0603. The summed E-state index contributed by atoms with van der Waals surface area (Å²) < 4.78 is 0. The number of halogens is 1. The Kier molecular flexibility index (Phi) is 6.37. The predicted octanol–water partition coefficient (Wildman–Crippen LogP) is 4.71. The van der Waals surface area contributed by atoms with Crippen LogP contribution in [0.15, 0.2) is 54.7 Å². The first-order valence-corrected chi connectivity index (χ1v) is 10.9. The van der Waals surface area contributed by atoms with Crippen LogP contribution in [0.1, 0.15) is 48.3 Å². The van der Waals surface area contributed by atoms with Crippen molar-refractivity contribution in [2.75, 3.05) is 17.6 Å². The summed E-state index contributed by atoms with van der Waals surface area (Å²) in [6.45, 7) is 2.07. The van der Waals surface area contributed by atoms with Gasteiger partial charge in [-0.1, -0.05) is 23.7 Å². The largest absolute Gasteiger partial charge is 0.368 e. The molecule has 4 rings (SSSR count). The van der Waals surface area contributed by atoms with Crippen LogP contribution in [-0.2, 0) is 4.79 Å². The molecular formula is C24H24ClN5O2. The summed E-state index contributed by atoms with van der Waals surface area (Å²) >= 11 is 6.06.